The van der Waals surface area contributed by atoms with Crippen LogP contribution in [-0.2, 0) is 4.79 Å². The second kappa shape index (κ2) is 3.29. The third kappa shape index (κ3) is 1.46. The van der Waals surface area contributed by atoms with Gasteiger partial charge in [0.1, 0.15) is 0 Å². The summed E-state index contributed by atoms with van der Waals surface area (Å²) in [6.45, 7) is 0.182. The van der Waals surface area contributed by atoms with Crippen molar-refractivity contribution in [2.45, 2.75) is 44.6 Å². The largest absolute Gasteiger partial charge is 0.396 e. The Hall–Kier alpha value is -0.570. The average Bonchev–Trinajstić information content (AvgIpc) is 2.64. The Morgan fingerprint density at radius 1 is 1.46 bits per heavy atom. The van der Waals surface area contributed by atoms with Crippen LogP contribution < -0.4 is 5.32 Å². The Morgan fingerprint density at radius 2 is 2.15 bits per heavy atom. The molecular weight excluding hydrogens is 166 g/mol. The molecule has 2 fully saturated rings. The smallest absolute Gasteiger partial charge is 0.226 e. The van der Waals surface area contributed by atoms with Crippen molar-refractivity contribution in [1.82, 2.24) is 5.32 Å². The van der Waals surface area contributed by atoms with Gasteiger partial charge in [-0.25, -0.2) is 0 Å². The molecule has 0 aromatic carbocycles. The van der Waals surface area contributed by atoms with Crippen molar-refractivity contribution in [2.75, 3.05) is 6.61 Å². The molecule has 1 aliphatic carbocycles. The van der Waals surface area contributed by atoms with Crippen LogP contribution in [0.2, 0.25) is 0 Å². The zero-order valence-electron chi connectivity index (χ0n) is 7.88. The Kier molecular flexibility index (Phi) is 2.28. The van der Waals surface area contributed by atoms with Gasteiger partial charge in [-0.3, -0.25) is 4.79 Å². The minimum absolute atomic E-state index is 0.0418. The Labute approximate surface area is 78.5 Å². The molecule has 2 rings (SSSR count). The number of amides is 1. The average molecular weight is 183 g/mol. The predicted octanol–water partition coefficient (Wildman–Crippen LogP) is 0.818. The summed E-state index contributed by atoms with van der Waals surface area (Å²) in [7, 11) is 0. The monoisotopic (exact) mass is 183 g/mol. The molecule has 74 valence electrons. The van der Waals surface area contributed by atoms with Crippen molar-refractivity contribution in [3.05, 3.63) is 0 Å². The maximum Gasteiger partial charge on any atom is 0.226 e. The normalized spacial score (nSPS) is 31.2. The highest BCUT2D eigenvalue weighted by molar-refractivity contribution is 5.85. The Morgan fingerprint density at radius 3 is 2.77 bits per heavy atom. The molecule has 1 amide bonds. The van der Waals surface area contributed by atoms with E-state index in [4.69, 9.17) is 5.11 Å². The molecule has 1 spiro atoms. The maximum absolute atomic E-state index is 11.7. The number of hydrogen-bond donors (Lipinski definition) is 2. The second-order valence-electron chi connectivity index (χ2n) is 4.37. The summed E-state index contributed by atoms with van der Waals surface area (Å²) in [5.74, 6) is 0.239. The molecule has 13 heavy (non-hydrogen) atoms. The topological polar surface area (TPSA) is 49.3 Å². The molecule has 0 bridgehead atoms. The van der Waals surface area contributed by atoms with Gasteiger partial charge < -0.3 is 10.4 Å². The van der Waals surface area contributed by atoms with Gasteiger partial charge in [0, 0.05) is 12.6 Å². The zero-order valence-corrected chi connectivity index (χ0v) is 7.88. The maximum atomic E-state index is 11.7. The fraction of sp³-hybridized carbons (Fsp3) is 0.900. The van der Waals surface area contributed by atoms with Crippen LogP contribution >= 0.6 is 0 Å². The van der Waals surface area contributed by atoms with Crippen LogP contribution in [0.25, 0.3) is 0 Å². The number of aliphatic hydroxyl groups excluding tert-OH is 1. The van der Waals surface area contributed by atoms with Crippen molar-refractivity contribution < 1.29 is 9.90 Å². The van der Waals surface area contributed by atoms with Crippen molar-refractivity contribution in [1.29, 1.82) is 0 Å². The molecule has 1 heterocycles. The summed E-state index contributed by atoms with van der Waals surface area (Å²) in [5.41, 5.74) is -0.0418. The lowest BCUT2D eigenvalue weighted by atomic mass is 9.83. The number of rotatable bonds is 2. The minimum atomic E-state index is -0.0418. The highest BCUT2D eigenvalue weighted by atomic mass is 16.3. The van der Waals surface area contributed by atoms with Crippen molar-refractivity contribution in [2.24, 2.45) is 5.41 Å². The third-order valence-corrected chi connectivity index (χ3v) is 3.49. The van der Waals surface area contributed by atoms with E-state index in [-0.39, 0.29) is 24.0 Å². The molecular formula is C10H17NO2. The van der Waals surface area contributed by atoms with Gasteiger partial charge in [-0.2, -0.15) is 0 Å². The summed E-state index contributed by atoms with van der Waals surface area (Å²) >= 11 is 0. The van der Waals surface area contributed by atoms with Crippen LogP contribution in [0.5, 0.6) is 0 Å². The van der Waals surface area contributed by atoms with E-state index < -0.39 is 0 Å². The molecule has 3 heteroatoms. The molecule has 1 saturated carbocycles. The van der Waals surface area contributed by atoms with Crippen LogP contribution in [0.4, 0.5) is 0 Å². The Bertz CT molecular complexity index is 209. The molecule has 0 unspecified atom stereocenters. The van der Waals surface area contributed by atoms with Crippen LogP contribution in [0.1, 0.15) is 38.5 Å². The number of aliphatic hydroxyl groups is 1. The fourth-order valence-corrected chi connectivity index (χ4v) is 2.77. The highest BCUT2D eigenvalue weighted by Crippen LogP contribution is 2.45. The summed E-state index contributed by atoms with van der Waals surface area (Å²) in [5, 5.41) is 11.8. The lowest BCUT2D eigenvalue weighted by Gasteiger charge is -2.18. The summed E-state index contributed by atoms with van der Waals surface area (Å²) in [6.07, 6.45) is 6.17. The quantitative estimate of drug-likeness (QED) is 0.666. The van der Waals surface area contributed by atoms with Gasteiger partial charge in [0.25, 0.3) is 0 Å². The van der Waals surface area contributed by atoms with Crippen LogP contribution in [0.15, 0.2) is 0 Å². The van der Waals surface area contributed by atoms with E-state index in [1.54, 1.807) is 0 Å². The second-order valence-corrected chi connectivity index (χ2v) is 4.37. The van der Waals surface area contributed by atoms with Crippen LogP contribution in [0, 0.1) is 5.41 Å². The van der Waals surface area contributed by atoms with E-state index in [1.165, 1.54) is 12.8 Å². The van der Waals surface area contributed by atoms with E-state index in [2.05, 4.69) is 5.32 Å². The molecule has 1 saturated heterocycles. The fourth-order valence-electron chi connectivity index (χ4n) is 2.77. The van der Waals surface area contributed by atoms with E-state index in [0.717, 1.165) is 19.3 Å². The van der Waals surface area contributed by atoms with E-state index >= 15 is 0 Å². The first kappa shape index (κ1) is 9.00. The molecule has 3 nitrogen and oxygen atoms in total. The zero-order chi connectivity index (χ0) is 9.31. The first-order valence-electron chi connectivity index (χ1n) is 5.19. The van der Waals surface area contributed by atoms with Gasteiger partial charge in [0.2, 0.25) is 5.91 Å². The number of carbonyl (C=O) groups is 1. The molecule has 0 aromatic heterocycles. The molecule has 1 atom stereocenters. The molecule has 0 aromatic rings. The molecule has 1 aliphatic heterocycles. The molecule has 2 aliphatic rings. The minimum Gasteiger partial charge on any atom is -0.396 e. The lowest BCUT2D eigenvalue weighted by Crippen LogP contribution is -2.30. The van der Waals surface area contributed by atoms with Crippen molar-refractivity contribution in [3.8, 4) is 0 Å². The van der Waals surface area contributed by atoms with E-state index in [1.807, 2.05) is 0 Å². The van der Waals surface area contributed by atoms with Crippen molar-refractivity contribution >= 4 is 5.91 Å². The van der Waals surface area contributed by atoms with Crippen molar-refractivity contribution in [3.63, 3.8) is 0 Å². The number of nitrogens with one attached hydrogen (secondary N) is 1. The third-order valence-electron chi connectivity index (χ3n) is 3.49. The summed E-state index contributed by atoms with van der Waals surface area (Å²) < 4.78 is 0. The van der Waals surface area contributed by atoms with Gasteiger partial charge >= 0.3 is 0 Å². The van der Waals surface area contributed by atoms with Crippen LogP contribution in [-0.4, -0.2) is 23.7 Å². The molecule has 0 radical (unpaired) electrons. The summed E-state index contributed by atoms with van der Waals surface area (Å²) in [4.78, 5) is 11.7. The van der Waals surface area contributed by atoms with Gasteiger partial charge in [-0.15, -0.1) is 0 Å². The predicted molar refractivity (Wildman–Crippen MR) is 49.2 cm³/mol. The first-order chi connectivity index (χ1) is 6.27. The number of carbonyl (C=O) groups excluding carboxylic acids is 1. The SMILES string of the molecule is O=C1N[C@H](CCO)CC12CCCC2. The van der Waals surface area contributed by atoms with Crippen LogP contribution in [0.3, 0.4) is 0 Å². The van der Waals surface area contributed by atoms with Gasteiger partial charge in [-0.05, 0) is 25.7 Å². The highest BCUT2D eigenvalue weighted by Gasteiger charge is 2.47. The lowest BCUT2D eigenvalue weighted by molar-refractivity contribution is -0.127. The van der Waals surface area contributed by atoms with Gasteiger partial charge in [0.15, 0.2) is 0 Å². The summed E-state index contributed by atoms with van der Waals surface area (Å²) in [6, 6.07) is 0.232. The Balaban J connectivity index is 2.02. The van der Waals surface area contributed by atoms with E-state index in [9.17, 15) is 4.79 Å². The van der Waals surface area contributed by atoms with Gasteiger partial charge in [0.05, 0.1) is 5.41 Å². The standard InChI is InChI=1S/C10H17NO2/c12-6-3-8-7-10(9(13)11-8)4-1-2-5-10/h8,12H,1-7H2,(H,11,13)/t8-/m1/s1. The van der Waals surface area contributed by atoms with E-state index in [0.29, 0.717) is 6.42 Å². The first-order valence-corrected chi connectivity index (χ1v) is 5.19. The van der Waals surface area contributed by atoms with Gasteiger partial charge in [-0.1, -0.05) is 12.8 Å². The molecule has 2 N–H and O–H groups in total. The number of hydrogen-bond acceptors (Lipinski definition) is 2.